The van der Waals surface area contributed by atoms with E-state index in [1.807, 2.05) is 36.4 Å². The molecule has 1 fully saturated rings. The molecule has 1 aliphatic heterocycles. The summed E-state index contributed by atoms with van der Waals surface area (Å²) in [6.07, 6.45) is 1.85. The highest BCUT2D eigenvalue weighted by Crippen LogP contribution is 2.58. The van der Waals surface area contributed by atoms with E-state index in [0.717, 1.165) is 56.2 Å². The van der Waals surface area contributed by atoms with Gasteiger partial charge in [0.2, 0.25) is 0 Å². The van der Waals surface area contributed by atoms with Crippen molar-refractivity contribution in [1.29, 1.82) is 0 Å². The first-order valence-corrected chi connectivity index (χ1v) is 9.96. The monoisotopic (exact) mass is 392 g/mol. The number of hydrogen-bond donors (Lipinski definition) is 1. The van der Waals surface area contributed by atoms with E-state index in [1.165, 1.54) is 0 Å². The lowest BCUT2D eigenvalue weighted by molar-refractivity contribution is -0.132. The third kappa shape index (κ3) is 2.51. The van der Waals surface area contributed by atoms with E-state index in [-0.39, 0.29) is 12.0 Å². The average Bonchev–Trinajstić information content (AvgIpc) is 2.92. The molecule has 6 heteroatoms. The Balaban J connectivity index is 1.79. The molecule has 3 aromatic rings. The van der Waals surface area contributed by atoms with E-state index in [9.17, 15) is 19.5 Å². The van der Waals surface area contributed by atoms with Crippen molar-refractivity contribution in [3.05, 3.63) is 71.3 Å². The molecule has 0 unspecified atom stereocenters. The Morgan fingerprint density at radius 1 is 0.889 bits per heavy atom. The molecule has 1 heterocycles. The van der Waals surface area contributed by atoms with Crippen LogP contribution in [0.25, 0.3) is 21.5 Å². The van der Waals surface area contributed by atoms with Crippen LogP contribution in [-0.4, -0.2) is 21.3 Å². The third-order valence-corrected chi connectivity index (χ3v) is 7.63. The van der Waals surface area contributed by atoms with Gasteiger partial charge in [0.15, 0.2) is 0 Å². The molecule has 132 valence electrons. The van der Waals surface area contributed by atoms with Crippen molar-refractivity contribution in [2.45, 2.75) is 10.5 Å². The van der Waals surface area contributed by atoms with Gasteiger partial charge in [-0.3, -0.25) is 9.59 Å². The summed E-state index contributed by atoms with van der Waals surface area (Å²) in [7, 11) is 0. The van der Waals surface area contributed by atoms with Gasteiger partial charge >= 0.3 is 5.97 Å². The summed E-state index contributed by atoms with van der Waals surface area (Å²) in [4.78, 5) is 35.6. The number of hydrogen-bond acceptors (Lipinski definition) is 5. The number of carbonyl (C=O) groups excluding carboxylic acids is 2. The number of benzene rings is 3. The van der Waals surface area contributed by atoms with Crippen LogP contribution in [0.1, 0.15) is 11.1 Å². The lowest BCUT2D eigenvalue weighted by atomic mass is 9.88. The minimum Gasteiger partial charge on any atom is -0.478 e. The van der Waals surface area contributed by atoms with Crippen LogP contribution < -0.4 is 0 Å². The van der Waals surface area contributed by atoms with E-state index >= 15 is 0 Å². The molecule has 0 saturated carbocycles. The highest BCUT2D eigenvalue weighted by atomic mass is 32.2. The minimum absolute atomic E-state index is 0.213. The first kappa shape index (κ1) is 16.6. The van der Waals surface area contributed by atoms with Gasteiger partial charge in [-0.25, -0.2) is 4.79 Å². The molecule has 27 heavy (non-hydrogen) atoms. The summed E-state index contributed by atoms with van der Waals surface area (Å²) in [5, 5.41) is 12.7. The molecule has 0 bridgehead atoms. The fourth-order valence-electron chi connectivity index (χ4n) is 3.76. The Kier molecular flexibility index (Phi) is 3.51. The first-order valence-electron chi connectivity index (χ1n) is 8.32. The Labute approximate surface area is 162 Å². The van der Waals surface area contributed by atoms with Crippen LogP contribution in [0.15, 0.2) is 60.2 Å². The van der Waals surface area contributed by atoms with Crippen molar-refractivity contribution in [3.63, 3.8) is 0 Å². The second-order valence-corrected chi connectivity index (χ2v) is 9.35. The number of aliphatic carboxylic acids is 1. The van der Waals surface area contributed by atoms with Crippen LogP contribution in [0, 0.1) is 0 Å². The minimum atomic E-state index is -1.02. The Bertz CT molecular complexity index is 1210. The number of rotatable bonds is 1. The summed E-state index contributed by atoms with van der Waals surface area (Å²) in [6.45, 7) is 0. The van der Waals surface area contributed by atoms with Gasteiger partial charge in [0.25, 0.3) is 10.2 Å². The van der Waals surface area contributed by atoms with Crippen LogP contribution in [0.2, 0.25) is 0 Å². The van der Waals surface area contributed by atoms with Gasteiger partial charge in [0.05, 0.1) is 0 Å². The highest BCUT2D eigenvalue weighted by molar-refractivity contribution is 8.39. The number of carboxylic acid groups (broad SMARTS) is 1. The summed E-state index contributed by atoms with van der Waals surface area (Å²) >= 11 is 1.82. The topological polar surface area (TPSA) is 71.4 Å². The quantitative estimate of drug-likeness (QED) is 0.493. The molecular formula is C21H12O4S2. The molecular weight excluding hydrogens is 380 g/mol. The standard InChI is InChI=1S/C21H12O4S2/c22-18(23)16-8-15-7-13-5-11-3-1-2-4-12(11)6-14(13)9-17(15)21(10-16)26-19(24)20(25)27-21/h1-7,9-10H,8H2,(H,22,23). The molecule has 1 spiro atoms. The van der Waals surface area contributed by atoms with E-state index in [2.05, 4.69) is 12.1 Å². The van der Waals surface area contributed by atoms with Crippen LogP contribution in [0.3, 0.4) is 0 Å². The molecule has 1 aliphatic carbocycles. The number of carbonyl (C=O) groups is 3. The zero-order chi connectivity index (χ0) is 18.8. The summed E-state index contributed by atoms with van der Waals surface area (Å²) in [5.41, 5.74) is 1.90. The first-order chi connectivity index (χ1) is 12.9. The van der Waals surface area contributed by atoms with Crippen LogP contribution >= 0.6 is 23.5 Å². The zero-order valence-corrected chi connectivity index (χ0v) is 15.5. The van der Waals surface area contributed by atoms with E-state index < -0.39 is 20.3 Å². The molecule has 2 aliphatic rings. The van der Waals surface area contributed by atoms with Crippen molar-refractivity contribution in [2.75, 3.05) is 0 Å². The fourth-order valence-corrected chi connectivity index (χ4v) is 6.35. The molecule has 0 aromatic heterocycles. The van der Waals surface area contributed by atoms with Crippen molar-refractivity contribution >= 4 is 61.3 Å². The number of carboxylic acids is 1. The molecule has 0 amide bonds. The van der Waals surface area contributed by atoms with E-state index in [0.29, 0.717) is 0 Å². The third-order valence-electron chi connectivity index (χ3n) is 4.98. The molecule has 3 aromatic carbocycles. The van der Waals surface area contributed by atoms with Gasteiger partial charge in [0, 0.05) is 12.0 Å². The maximum atomic E-state index is 12.0. The number of thioether (sulfide) groups is 2. The Hall–Kier alpha value is -2.57. The van der Waals surface area contributed by atoms with Gasteiger partial charge in [-0.05, 0) is 56.9 Å². The normalized spacial score (nSPS) is 18.1. The SMILES string of the molecule is O=C(O)C1=CC2(SC(=O)C(=O)S2)c2cc3cc4ccccc4cc3cc2C1. The molecule has 4 nitrogen and oxygen atoms in total. The van der Waals surface area contributed by atoms with Gasteiger partial charge in [-0.1, -0.05) is 53.9 Å². The van der Waals surface area contributed by atoms with Crippen molar-refractivity contribution < 1.29 is 19.5 Å². The van der Waals surface area contributed by atoms with Crippen LogP contribution in [0.5, 0.6) is 0 Å². The summed E-state index contributed by atoms with van der Waals surface area (Å²) in [5.74, 6) is -1.02. The predicted octanol–water partition coefficient (Wildman–Crippen LogP) is 4.25. The highest BCUT2D eigenvalue weighted by Gasteiger charge is 2.49. The lowest BCUT2D eigenvalue weighted by Gasteiger charge is -2.30. The second kappa shape index (κ2) is 5.71. The molecule has 5 rings (SSSR count). The maximum absolute atomic E-state index is 12.0. The smallest absolute Gasteiger partial charge is 0.331 e. The van der Waals surface area contributed by atoms with E-state index in [4.69, 9.17) is 0 Å². The van der Waals surface area contributed by atoms with Crippen LogP contribution in [-0.2, 0) is 24.9 Å². The lowest BCUT2D eigenvalue weighted by Crippen LogP contribution is -2.23. The Morgan fingerprint density at radius 3 is 2.07 bits per heavy atom. The summed E-state index contributed by atoms with van der Waals surface area (Å²) < 4.78 is -0.991. The number of fused-ring (bicyclic) bond motifs is 4. The van der Waals surface area contributed by atoms with Crippen molar-refractivity contribution in [1.82, 2.24) is 0 Å². The van der Waals surface area contributed by atoms with Gasteiger partial charge in [-0.15, -0.1) is 0 Å². The van der Waals surface area contributed by atoms with Crippen molar-refractivity contribution in [2.24, 2.45) is 0 Å². The molecule has 1 N–H and O–H groups in total. The largest absolute Gasteiger partial charge is 0.478 e. The van der Waals surface area contributed by atoms with E-state index in [1.54, 1.807) is 6.08 Å². The molecule has 0 radical (unpaired) electrons. The summed E-state index contributed by atoms with van der Waals surface area (Å²) in [6, 6.07) is 16.2. The fraction of sp³-hybridized carbons (Fsp3) is 0.0952. The zero-order valence-electron chi connectivity index (χ0n) is 13.9. The van der Waals surface area contributed by atoms with Crippen LogP contribution in [0.4, 0.5) is 0 Å². The van der Waals surface area contributed by atoms with Crippen molar-refractivity contribution in [3.8, 4) is 0 Å². The average molecular weight is 392 g/mol. The molecule has 1 saturated heterocycles. The predicted molar refractivity (Wildman–Crippen MR) is 108 cm³/mol. The Morgan fingerprint density at radius 2 is 1.48 bits per heavy atom. The molecule has 0 atom stereocenters. The second-order valence-electron chi connectivity index (χ2n) is 6.65. The maximum Gasteiger partial charge on any atom is 0.331 e. The van der Waals surface area contributed by atoms with Gasteiger partial charge < -0.3 is 5.11 Å². The van der Waals surface area contributed by atoms with Gasteiger partial charge in [0.1, 0.15) is 4.08 Å². The van der Waals surface area contributed by atoms with Gasteiger partial charge in [-0.2, -0.15) is 0 Å².